The summed E-state index contributed by atoms with van der Waals surface area (Å²) >= 11 is 0. The summed E-state index contributed by atoms with van der Waals surface area (Å²) in [5, 5.41) is 3.18. The van der Waals surface area contributed by atoms with Gasteiger partial charge < -0.3 is 0 Å². The molecule has 0 aliphatic heterocycles. The number of hydrogen-bond donors (Lipinski definition) is 0. The average molecular weight is 880 g/mol. The maximum Gasteiger partial charge on any atom is 0.164 e. The lowest BCUT2D eigenvalue weighted by molar-refractivity contribution is 0.768. The first kappa shape index (κ1) is 40.1. The third-order valence-corrected chi connectivity index (χ3v) is 13.6. The zero-order valence-corrected chi connectivity index (χ0v) is 37.4. The first-order valence-electron chi connectivity index (χ1n) is 23.3. The topological polar surface area (TPSA) is 64.5 Å². The van der Waals surface area contributed by atoms with Crippen LogP contribution >= 0.6 is 0 Å². The van der Waals surface area contributed by atoms with Crippen LogP contribution in [0.4, 0.5) is 0 Å². The quantitative estimate of drug-likeness (QED) is 0.142. The van der Waals surface area contributed by atoms with E-state index in [9.17, 15) is 0 Å². The molecule has 0 bridgehead atoms. The van der Waals surface area contributed by atoms with E-state index in [-0.39, 0.29) is 0 Å². The summed E-state index contributed by atoms with van der Waals surface area (Å²) in [6, 6.07) is 87.6. The van der Waals surface area contributed by atoms with Crippen molar-refractivity contribution in [2.75, 3.05) is 0 Å². The van der Waals surface area contributed by atoms with Crippen molar-refractivity contribution in [2.45, 2.75) is 5.41 Å². The number of nitrogens with zero attached hydrogens (tertiary/aromatic N) is 5. The molecule has 322 valence electrons. The minimum absolute atomic E-state index is 0.567. The predicted molar refractivity (Wildman–Crippen MR) is 280 cm³/mol. The van der Waals surface area contributed by atoms with Crippen molar-refractivity contribution in [2.24, 2.45) is 0 Å². The van der Waals surface area contributed by atoms with Crippen LogP contribution in [0.1, 0.15) is 22.3 Å². The van der Waals surface area contributed by atoms with Gasteiger partial charge in [0.05, 0.1) is 16.6 Å². The highest BCUT2D eigenvalue weighted by Crippen LogP contribution is 2.56. The lowest BCUT2D eigenvalue weighted by Gasteiger charge is -2.34. The number of hydrogen-bond acceptors (Lipinski definition) is 5. The van der Waals surface area contributed by atoms with Crippen LogP contribution in [0.25, 0.3) is 101 Å². The van der Waals surface area contributed by atoms with Crippen molar-refractivity contribution in [3.05, 3.63) is 271 Å². The molecule has 10 aromatic carbocycles. The van der Waals surface area contributed by atoms with Crippen molar-refractivity contribution in [1.82, 2.24) is 24.9 Å². The van der Waals surface area contributed by atoms with Crippen LogP contribution < -0.4 is 0 Å². The van der Waals surface area contributed by atoms with E-state index in [0.29, 0.717) is 23.3 Å². The summed E-state index contributed by atoms with van der Waals surface area (Å²) < 4.78 is 0. The molecule has 0 saturated heterocycles. The SMILES string of the molecule is c1ccc(-c2ccc(-c3nc(-c4cccc(-c5nc(-c6ccccc6)nc6c5ccc5ccccc56)c4)nc(-c4ccc5c(c4)C(c4ccccc4)(c4ccccc4)c4ccccc4-5)n3)cc2)cc1. The van der Waals surface area contributed by atoms with Crippen LogP contribution in [0.15, 0.2) is 249 Å². The molecule has 0 saturated carbocycles. The monoisotopic (exact) mass is 879 g/mol. The molecule has 5 nitrogen and oxygen atoms in total. The van der Waals surface area contributed by atoms with E-state index >= 15 is 0 Å². The van der Waals surface area contributed by atoms with Crippen LogP contribution in [-0.2, 0) is 5.41 Å². The number of aromatic nitrogens is 5. The van der Waals surface area contributed by atoms with Crippen LogP contribution in [-0.4, -0.2) is 24.9 Å². The Morgan fingerprint density at radius 1 is 0.261 bits per heavy atom. The summed E-state index contributed by atoms with van der Waals surface area (Å²) in [6.45, 7) is 0. The van der Waals surface area contributed by atoms with E-state index in [1.54, 1.807) is 0 Å². The molecule has 0 N–H and O–H groups in total. The Balaban J connectivity index is 1.01. The fourth-order valence-corrected chi connectivity index (χ4v) is 10.4. The molecule has 0 radical (unpaired) electrons. The van der Waals surface area contributed by atoms with Gasteiger partial charge in [-0.15, -0.1) is 0 Å². The number of rotatable bonds is 8. The van der Waals surface area contributed by atoms with Gasteiger partial charge in [-0.1, -0.05) is 231 Å². The Morgan fingerprint density at radius 3 is 1.45 bits per heavy atom. The van der Waals surface area contributed by atoms with Crippen LogP contribution in [0.2, 0.25) is 0 Å². The van der Waals surface area contributed by atoms with Crippen LogP contribution in [0.3, 0.4) is 0 Å². The van der Waals surface area contributed by atoms with Gasteiger partial charge in [0.1, 0.15) is 0 Å². The molecule has 0 spiro atoms. The number of benzene rings is 10. The minimum atomic E-state index is -0.574. The van der Waals surface area contributed by atoms with E-state index in [1.807, 2.05) is 24.3 Å². The second-order valence-corrected chi connectivity index (χ2v) is 17.6. The molecule has 69 heavy (non-hydrogen) atoms. The van der Waals surface area contributed by atoms with Crippen molar-refractivity contribution in [3.8, 4) is 79.1 Å². The molecular formula is C64H41N5. The molecule has 1 aliphatic carbocycles. The van der Waals surface area contributed by atoms with E-state index in [1.165, 1.54) is 33.4 Å². The van der Waals surface area contributed by atoms with Crippen LogP contribution in [0.5, 0.6) is 0 Å². The van der Waals surface area contributed by atoms with Gasteiger partial charge >= 0.3 is 0 Å². The molecule has 0 amide bonds. The zero-order valence-electron chi connectivity index (χ0n) is 37.4. The van der Waals surface area contributed by atoms with Crippen molar-refractivity contribution >= 4 is 21.7 Å². The summed E-state index contributed by atoms with van der Waals surface area (Å²) in [4.78, 5) is 26.5. The Labute approximate surface area is 400 Å². The van der Waals surface area contributed by atoms with E-state index in [2.05, 4.69) is 224 Å². The van der Waals surface area contributed by atoms with Gasteiger partial charge in [-0.2, -0.15) is 0 Å². The van der Waals surface area contributed by atoms with Crippen LogP contribution in [0, 0.1) is 0 Å². The molecule has 0 atom stereocenters. The van der Waals surface area contributed by atoms with Crippen molar-refractivity contribution in [3.63, 3.8) is 0 Å². The summed E-state index contributed by atoms with van der Waals surface area (Å²) in [6.07, 6.45) is 0. The third-order valence-electron chi connectivity index (χ3n) is 13.6. The maximum atomic E-state index is 5.38. The molecule has 13 rings (SSSR count). The third kappa shape index (κ3) is 6.82. The Kier molecular flexibility index (Phi) is 9.65. The molecule has 2 aromatic heterocycles. The standard InChI is InChI=1S/C64H41N5/c1-5-18-42(19-6-1)43-32-34-46(35-33-43)61-67-62(48-24-17-23-47(40-48)58-55-39-36-44-20-13-14-29-52(44)59(55)66-60(65-58)45-21-7-2-8-22-45)69-63(68-61)49-37-38-54-53-30-15-16-31-56(53)64(57(54)41-49,50-25-9-3-10-26-50)51-27-11-4-12-28-51/h1-41H. The maximum absolute atomic E-state index is 5.38. The minimum Gasteiger partial charge on any atom is -0.227 e. The van der Waals surface area contributed by atoms with E-state index < -0.39 is 5.41 Å². The summed E-state index contributed by atoms with van der Waals surface area (Å²) in [5.41, 5.74) is 15.3. The van der Waals surface area contributed by atoms with Gasteiger partial charge in [-0.3, -0.25) is 0 Å². The summed E-state index contributed by atoms with van der Waals surface area (Å²) in [7, 11) is 0. The lowest BCUT2D eigenvalue weighted by Crippen LogP contribution is -2.28. The fraction of sp³-hybridized carbons (Fsp3) is 0.0156. The van der Waals surface area contributed by atoms with E-state index in [0.717, 1.165) is 66.3 Å². The molecular weight excluding hydrogens is 839 g/mol. The first-order chi connectivity index (χ1) is 34.2. The van der Waals surface area contributed by atoms with Gasteiger partial charge in [0.2, 0.25) is 0 Å². The molecule has 0 unspecified atom stereocenters. The van der Waals surface area contributed by atoms with Crippen molar-refractivity contribution < 1.29 is 0 Å². The first-order valence-corrected chi connectivity index (χ1v) is 23.3. The van der Waals surface area contributed by atoms with E-state index in [4.69, 9.17) is 24.9 Å². The fourth-order valence-electron chi connectivity index (χ4n) is 10.4. The molecule has 0 fully saturated rings. The Bertz CT molecular complexity index is 3840. The largest absolute Gasteiger partial charge is 0.227 e. The van der Waals surface area contributed by atoms with Gasteiger partial charge in [0, 0.05) is 38.6 Å². The normalized spacial score (nSPS) is 12.5. The highest BCUT2D eigenvalue weighted by atomic mass is 15.0. The van der Waals surface area contributed by atoms with Gasteiger partial charge in [0.15, 0.2) is 23.3 Å². The molecule has 2 heterocycles. The average Bonchev–Trinajstić information content (AvgIpc) is 3.74. The molecule has 5 heteroatoms. The Morgan fingerprint density at radius 2 is 0.739 bits per heavy atom. The second-order valence-electron chi connectivity index (χ2n) is 17.6. The highest BCUT2D eigenvalue weighted by Gasteiger charge is 2.46. The Hall–Kier alpha value is -9.19. The van der Waals surface area contributed by atoms with Gasteiger partial charge in [-0.25, -0.2) is 24.9 Å². The smallest absolute Gasteiger partial charge is 0.164 e. The highest BCUT2D eigenvalue weighted by molar-refractivity contribution is 6.09. The van der Waals surface area contributed by atoms with Gasteiger partial charge in [0.25, 0.3) is 0 Å². The summed E-state index contributed by atoms with van der Waals surface area (Å²) in [5.74, 6) is 2.42. The number of fused-ring (bicyclic) bond motifs is 6. The van der Waals surface area contributed by atoms with Gasteiger partial charge in [-0.05, 0) is 68.1 Å². The zero-order chi connectivity index (χ0) is 45.7. The van der Waals surface area contributed by atoms with Crippen molar-refractivity contribution in [1.29, 1.82) is 0 Å². The molecule has 12 aromatic rings. The predicted octanol–water partition coefficient (Wildman–Crippen LogP) is 15.3. The lowest BCUT2D eigenvalue weighted by atomic mass is 9.67. The molecule has 1 aliphatic rings. The second kappa shape index (κ2) is 16.6.